The summed E-state index contributed by atoms with van der Waals surface area (Å²) in [5, 5.41) is 4.62. The number of nitrogens with zero attached hydrogens (tertiary/aromatic N) is 1. The van der Waals surface area contributed by atoms with Gasteiger partial charge in [0.05, 0.1) is 13.2 Å². The van der Waals surface area contributed by atoms with Crippen molar-refractivity contribution in [2.45, 2.75) is 18.5 Å². The van der Waals surface area contributed by atoms with Crippen LogP contribution in [0.3, 0.4) is 0 Å². The second-order valence-corrected chi connectivity index (χ2v) is 7.67. The standard InChI is InChI=1S/C23H27N3O3/c1-26(2)11-12-29-16-8-6-7-15(13-16)21-22-18(14-20(25-21)23(27)28-3)17-9-4-5-10-19(17)24-22/h4-10,13,20-21,24-25H,11-12,14H2,1-3H3. The molecule has 0 saturated heterocycles. The van der Waals surface area contributed by atoms with Crippen molar-refractivity contribution in [1.82, 2.24) is 15.2 Å². The number of nitrogens with one attached hydrogen (secondary N) is 2. The zero-order valence-corrected chi connectivity index (χ0v) is 17.1. The molecule has 0 bridgehead atoms. The molecule has 0 radical (unpaired) electrons. The molecule has 2 atom stereocenters. The lowest BCUT2D eigenvalue weighted by Crippen LogP contribution is -2.45. The Morgan fingerprint density at radius 3 is 2.79 bits per heavy atom. The normalized spacial score (nSPS) is 18.6. The van der Waals surface area contributed by atoms with Gasteiger partial charge in [-0.3, -0.25) is 10.1 Å². The number of para-hydroxylation sites is 1. The van der Waals surface area contributed by atoms with Gasteiger partial charge in [-0.25, -0.2) is 0 Å². The van der Waals surface area contributed by atoms with Crippen LogP contribution in [-0.2, 0) is 16.0 Å². The highest BCUT2D eigenvalue weighted by Crippen LogP contribution is 2.36. The van der Waals surface area contributed by atoms with E-state index >= 15 is 0 Å². The topological polar surface area (TPSA) is 66.6 Å². The fourth-order valence-electron chi connectivity index (χ4n) is 3.92. The number of fused-ring (bicyclic) bond motifs is 3. The summed E-state index contributed by atoms with van der Waals surface area (Å²) in [5.41, 5.74) is 4.39. The van der Waals surface area contributed by atoms with E-state index in [-0.39, 0.29) is 12.0 Å². The van der Waals surface area contributed by atoms with Crippen molar-refractivity contribution in [1.29, 1.82) is 0 Å². The van der Waals surface area contributed by atoms with E-state index < -0.39 is 6.04 Å². The number of likely N-dealkylation sites (N-methyl/N-ethyl adjacent to an activating group) is 1. The van der Waals surface area contributed by atoms with Crippen LogP contribution < -0.4 is 10.1 Å². The van der Waals surface area contributed by atoms with Crippen LogP contribution in [0.25, 0.3) is 10.9 Å². The fourth-order valence-corrected chi connectivity index (χ4v) is 3.92. The number of benzene rings is 2. The molecule has 3 aromatic rings. The van der Waals surface area contributed by atoms with Crippen molar-refractivity contribution in [3.8, 4) is 5.75 Å². The maximum atomic E-state index is 12.4. The van der Waals surface area contributed by atoms with Crippen LogP contribution in [0, 0.1) is 0 Å². The number of rotatable bonds is 6. The van der Waals surface area contributed by atoms with Gasteiger partial charge in [0.1, 0.15) is 18.4 Å². The lowest BCUT2D eigenvalue weighted by Gasteiger charge is -2.30. The SMILES string of the molecule is COC(=O)C1Cc2c([nH]c3ccccc23)C(c2cccc(OCCN(C)C)c2)N1. The van der Waals surface area contributed by atoms with Crippen molar-refractivity contribution in [3.63, 3.8) is 0 Å². The van der Waals surface area contributed by atoms with Crippen LogP contribution in [0.2, 0.25) is 0 Å². The monoisotopic (exact) mass is 393 g/mol. The molecule has 152 valence electrons. The van der Waals surface area contributed by atoms with Gasteiger partial charge >= 0.3 is 5.97 Å². The maximum absolute atomic E-state index is 12.4. The first kappa shape index (κ1) is 19.5. The van der Waals surface area contributed by atoms with Crippen LogP contribution in [0.15, 0.2) is 48.5 Å². The van der Waals surface area contributed by atoms with E-state index in [9.17, 15) is 4.79 Å². The molecule has 0 aliphatic carbocycles. The molecule has 2 heterocycles. The molecule has 1 aromatic heterocycles. The summed E-state index contributed by atoms with van der Waals surface area (Å²) >= 11 is 0. The molecule has 4 rings (SSSR count). The minimum absolute atomic E-state index is 0.146. The second kappa shape index (κ2) is 8.27. The van der Waals surface area contributed by atoms with Crippen LogP contribution in [0.1, 0.15) is 22.9 Å². The fraction of sp³-hybridized carbons (Fsp3) is 0.348. The van der Waals surface area contributed by atoms with Crippen LogP contribution >= 0.6 is 0 Å². The van der Waals surface area contributed by atoms with Crippen LogP contribution in [0.4, 0.5) is 0 Å². The van der Waals surface area contributed by atoms with Crippen molar-refractivity contribution in [2.24, 2.45) is 0 Å². The van der Waals surface area contributed by atoms with Crippen molar-refractivity contribution >= 4 is 16.9 Å². The molecule has 2 N–H and O–H groups in total. The highest BCUT2D eigenvalue weighted by atomic mass is 16.5. The largest absolute Gasteiger partial charge is 0.492 e. The lowest BCUT2D eigenvalue weighted by molar-refractivity contribution is -0.143. The summed E-state index contributed by atoms with van der Waals surface area (Å²) in [7, 11) is 5.48. The Bertz CT molecular complexity index is 1010. The van der Waals surface area contributed by atoms with Gasteiger partial charge in [-0.1, -0.05) is 30.3 Å². The Morgan fingerprint density at radius 1 is 1.17 bits per heavy atom. The first-order valence-electron chi connectivity index (χ1n) is 9.87. The Hall–Kier alpha value is -2.83. The number of hydrogen-bond acceptors (Lipinski definition) is 5. The molecule has 0 amide bonds. The number of hydrogen-bond donors (Lipinski definition) is 2. The molecular formula is C23H27N3O3. The third-order valence-electron chi connectivity index (χ3n) is 5.40. The van der Waals surface area contributed by atoms with E-state index in [1.807, 2.05) is 44.4 Å². The van der Waals surface area contributed by atoms with Gasteiger partial charge in [0.2, 0.25) is 0 Å². The van der Waals surface area contributed by atoms with Gasteiger partial charge in [0.25, 0.3) is 0 Å². The van der Waals surface area contributed by atoms with Crippen LogP contribution in [-0.4, -0.2) is 56.3 Å². The van der Waals surface area contributed by atoms with Gasteiger partial charge < -0.3 is 19.4 Å². The van der Waals surface area contributed by atoms with E-state index in [1.165, 1.54) is 12.7 Å². The van der Waals surface area contributed by atoms with Crippen molar-refractivity contribution < 1.29 is 14.3 Å². The summed E-state index contributed by atoms with van der Waals surface area (Å²) in [5.74, 6) is 0.577. The van der Waals surface area contributed by atoms with Crippen molar-refractivity contribution in [3.05, 3.63) is 65.4 Å². The molecule has 6 heteroatoms. The lowest BCUT2D eigenvalue weighted by atomic mass is 9.90. The van der Waals surface area contributed by atoms with Crippen LogP contribution in [0.5, 0.6) is 5.75 Å². The summed E-state index contributed by atoms with van der Waals surface area (Å²) in [6, 6.07) is 15.7. The van der Waals surface area contributed by atoms with Gasteiger partial charge in [-0.05, 0) is 43.4 Å². The van der Waals surface area contributed by atoms with E-state index in [0.717, 1.165) is 34.5 Å². The highest BCUT2D eigenvalue weighted by Gasteiger charge is 2.34. The minimum atomic E-state index is -0.393. The number of H-pyrrole nitrogens is 1. The van der Waals surface area contributed by atoms with Gasteiger partial charge in [-0.2, -0.15) is 0 Å². The summed E-state index contributed by atoms with van der Waals surface area (Å²) < 4.78 is 11.0. The minimum Gasteiger partial charge on any atom is -0.492 e. The molecular weight excluding hydrogens is 366 g/mol. The predicted octanol–water partition coefficient (Wildman–Crippen LogP) is 2.89. The average Bonchev–Trinajstić information content (AvgIpc) is 3.11. The molecule has 2 aromatic carbocycles. The number of carbonyl (C=O) groups excluding carboxylic acids is 1. The number of aromatic nitrogens is 1. The number of aromatic amines is 1. The third kappa shape index (κ3) is 3.99. The number of ether oxygens (including phenoxy) is 2. The number of esters is 1. The number of carbonyl (C=O) groups is 1. The molecule has 1 aliphatic heterocycles. The molecule has 0 saturated carbocycles. The molecule has 0 fully saturated rings. The first-order chi connectivity index (χ1) is 14.1. The second-order valence-electron chi connectivity index (χ2n) is 7.67. The zero-order valence-electron chi connectivity index (χ0n) is 17.1. The third-order valence-corrected chi connectivity index (χ3v) is 5.40. The quantitative estimate of drug-likeness (QED) is 0.631. The molecule has 29 heavy (non-hydrogen) atoms. The van der Waals surface area contributed by atoms with E-state index in [2.05, 4.69) is 33.4 Å². The highest BCUT2D eigenvalue weighted by molar-refractivity contribution is 5.87. The first-order valence-corrected chi connectivity index (χ1v) is 9.87. The molecule has 0 spiro atoms. The summed E-state index contributed by atoms with van der Waals surface area (Å²) in [6.07, 6.45) is 0.599. The van der Waals surface area contributed by atoms with Gasteiger partial charge in [-0.15, -0.1) is 0 Å². The summed E-state index contributed by atoms with van der Waals surface area (Å²) in [4.78, 5) is 18.0. The smallest absolute Gasteiger partial charge is 0.323 e. The Balaban J connectivity index is 1.70. The Labute approximate surface area is 170 Å². The van der Waals surface area contributed by atoms with E-state index in [1.54, 1.807) is 0 Å². The van der Waals surface area contributed by atoms with Gasteiger partial charge in [0.15, 0.2) is 0 Å². The summed E-state index contributed by atoms with van der Waals surface area (Å²) in [6.45, 7) is 1.47. The number of methoxy groups -OCH3 is 1. The van der Waals surface area contributed by atoms with E-state index in [0.29, 0.717) is 13.0 Å². The molecule has 6 nitrogen and oxygen atoms in total. The Morgan fingerprint density at radius 2 is 2.00 bits per heavy atom. The maximum Gasteiger partial charge on any atom is 0.323 e. The average molecular weight is 393 g/mol. The van der Waals surface area contributed by atoms with E-state index in [4.69, 9.17) is 9.47 Å². The molecule has 1 aliphatic rings. The van der Waals surface area contributed by atoms with Crippen molar-refractivity contribution in [2.75, 3.05) is 34.4 Å². The zero-order chi connectivity index (χ0) is 20.4. The predicted molar refractivity (Wildman–Crippen MR) is 113 cm³/mol. The Kier molecular flexibility index (Phi) is 5.56. The van der Waals surface area contributed by atoms with Gasteiger partial charge in [0, 0.05) is 29.6 Å². The molecule has 2 unspecified atom stereocenters.